The van der Waals surface area contributed by atoms with Crippen LogP contribution in [0.3, 0.4) is 0 Å². The van der Waals surface area contributed by atoms with Crippen LogP contribution in [0.25, 0.3) is 10.4 Å². The van der Waals surface area contributed by atoms with Crippen molar-refractivity contribution < 1.29 is 4.74 Å². The zero-order valence-corrected chi connectivity index (χ0v) is 12.5. The van der Waals surface area contributed by atoms with Crippen LogP contribution >= 0.6 is 11.3 Å². The first kappa shape index (κ1) is 13.2. The maximum absolute atomic E-state index is 5.25. The van der Waals surface area contributed by atoms with Crippen molar-refractivity contribution in [3.8, 4) is 16.2 Å². The average Bonchev–Trinajstić information content (AvgIpc) is 2.77. The van der Waals surface area contributed by atoms with Crippen LogP contribution in [0.1, 0.15) is 31.2 Å². The zero-order valence-electron chi connectivity index (χ0n) is 11.7. The predicted octanol–water partition coefficient (Wildman–Crippen LogP) is 5.03. The lowest BCUT2D eigenvalue weighted by Crippen LogP contribution is -2.07. The first-order valence-corrected chi connectivity index (χ1v) is 6.99. The number of rotatable bonds is 2. The molecule has 0 spiro atoms. The highest BCUT2D eigenvalue weighted by molar-refractivity contribution is 7.15. The quantitative estimate of drug-likeness (QED) is 0.736. The van der Waals surface area contributed by atoms with Gasteiger partial charge in [-0.05, 0) is 53.8 Å². The molecule has 1 nitrogen and oxygen atoms in total. The van der Waals surface area contributed by atoms with Crippen molar-refractivity contribution in [2.45, 2.75) is 33.1 Å². The van der Waals surface area contributed by atoms with E-state index in [-0.39, 0.29) is 5.41 Å². The lowest BCUT2D eigenvalue weighted by molar-refractivity contribution is 0.414. The van der Waals surface area contributed by atoms with Gasteiger partial charge in [0, 0.05) is 9.75 Å². The van der Waals surface area contributed by atoms with Crippen molar-refractivity contribution in [3.05, 3.63) is 40.8 Å². The fourth-order valence-electron chi connectivity index (χ4n) is 1.93. The Morgan fingerprint density at radius 1 is 1.06 bits per heavy atom. The van der Waals surface area contributed by atoms with Crippen LogP contribution in [0, 0.1) is 6.92 Å². The maximum atomic E-state index is 5.25. The second-order valence-electron chi connectivity index (χ2n) is 5.59. The molecule has 1 aromatic carbocycles. The molecule has 2 aromatic rings. The van der Waals surface area contributed by atoms with Gasteiger partial charge in [0.15, 0.2) is 0 Å². The van der Waals surface area contributed by atoms with Crippen molar-refractivity contribution >= 4 is 11.3 Å². The van der Waals surface area contributed by atoms with Crippen LogP contribution in [-0.4, -0.2) is 7.11 Å². The third kappa shape index (κ3) is 2.59. The lowest BCUT2D eigenvalue weighted by Gasteiger charge is -2.15. The highest BCUT2D eigenvalue weighted by atomic mass is 32.1. The molecular weight excluding hydrogens is 240 g/mol. The van der Waals surface area contributed by atoms with Gasteiger partial charge < -0.3 is 4.74 Å². The molecular formula is C16H20OS. The largest absolute Gasteiger partial charge is 0.497 e. The molecule has 1 heterocycles. The third-order valence-electron chi connectivity index (χ3n) is 3.04. The lowest BCUT2D eigenvalue weighted by atomic mass is 9.95. The van der Waals surface area contributed by atoms with Gasteiger partial charge in [-0.25, -0.2) is 0 Å². The van der Waals surface area contributed by atoms with E-state index in [1.807, 2.05) is 17.4 Å². The van der Waals surface area contributed by atoms with E-state index in [9.17, 15) is 0 Å². The van der Waals surface area contributed by atoms with E-state index in [0.29, 0.717) is 0 Å². The van der Waals surface area contributed by atoms with Crippen molar-refractivity contribution in [2.24, 2.45) is 0 Å². The minimum absolute atomic E-state index is 0.225. The molecule has 0 saturated heterocycles. The smallest absolute Gasteiger partial charge is 0.119 e. The van der Waals surface area contributed by atoms with E-state index in [4.69, 9.17) is 4.74 Å². The van der Waals surface area contributed by atoms with Crippen molar-refractivity contribution in [2.75, 3.05) is 7.11 Å². The van der Waals surface area contributed by atoms with Gasteiger partial charge in [-0.2, -0.15) is 0 Å². The Bertz CT molecular complexity index is 546. The van der Waals surface area contributed by atoms with Gasteiger partial charge in [-0.15, -0.1) is 11.3 Å². The second-order valence-corrected chi connectivity index (χ2v) is 6.68. The first-order valence-electron chi connectivity index (χ1n) is 6.17. The molecule has 0 atom stereocenters. The molecule has 0 N–H and O–H groups in total. The molecule has 0 fully saturated rings. The Morgan fingerprint density at radius 2 is 1.78 bits per heavy atom. The Kier molecular flexibility index (Phi) is 3.49. The second kappa shape index (κ2) is 4.77. The molecule has 18 heavy (non-hydrogen) atoms. The van der Waals surface area contributed by atoms with Crippen LogP contribution in [0.5, 0.6) is 5.75 Å². The minimum Gasteiger partial charge on any atom is -0.497 e. The standard InChI is InChI=1S/C16H20OS/c1-11-10-12(17-5)6-7-13(11)14-8-9-15(18-14)16(2,3)4/h6-10H,1-5H3. The Morgan fingerprint density at radius 3 is 2.28 bits per heavy atom. The summed E-state index contributed by atoms with van der Waals surface area (Å²) in [5.41, 5.74) is 2.79. The van der Waals surface area contributed by atoms with Gasteiger partial charge >= 0.3 is 0 Å². The van der Waals surface area contributed by atoms with Gasteiger partial charge in [-0.3, -0.25) is 0 Å². The Balaban J connectivity index is 2.40. The van der Waals surface area contributed by atoms with Crippen molar-refractivity contribution in [1.29, 1.82) is 0 Å². The fourth-order valence-corrected chi connectivity index (χ4v) is 3.08. The summed E-state index contributed by atoms with van der Waals surface area (Å²) in [7, 11) is 1.71. The molecule has 0 saturated carbocycles. The number of hydrogen-bond acceptors (Lipinski definition) is 2. The summed E-state index contributed by atoms with van der Waals surface area (Å²) >= 11 is 1.88. The zero-order chi connectivity index (χ0) is 13.3. The molecule has 0 aliphatic heterocycles. The van der Waals surface area contributed by atoms with E-state index in [2.05, 4.69) is 52.0 Å². The van der Waals surface area contributed by atoms with E-state index in [0.717, 1.165) is 5.75 Å². The number of aryl methyl sites for hydroxylation is 1. The highest BCUT2D eigenvalue weighted by Gasteiger charge is 2.17. The van der Waals surface area contributed by atoms with Gasteiger partial charge in [0.25, 0.3) is 0 Å². The van der Waals surface area contributed by atoms with Gasteiger partial charge in [0.05, 0.1) is 7.11 Å². The maximum Gasteiger partial charge on any atom is 0.119 e. The molecule has 0 aliphatic rings. The molecule has 0 amide bonds. The Labute approximate surface area is 113 Å². The van der Waals surface area contributed by atoms with Crippen LogP contribution in [-0.2, 0) is 5.41 Å². The summed E-state index contributed by atoms with van der Waals surface area (Å²) in [6.45, 7) is 8.89. The normalized spacial score (nSPS) is 11.6. The summed E-state index contributed by atoms with van der Waals surface area (Å²) in [4.78, 5) is 2.76. The number of benzene rings is 1. The molecule has 1 aromatic heterocycles. The monoisotopic (exact) mass is 260 g/mol. The summed E-state index contributed by atoms with van der Waals surface area (Å²) in [5, 5.41) is 0. The van der Waals surface area contributed by atoms with Gasteiger partial charge in [-0.1, -0.05) is 20.8 Å². The molecule has 0 unspecified atom stereocenters. The average molecular weight is 260 g/mol. The molecule has 0 bridgehead atoms. The van der Waals surface area contributed by atoms with Crippen LogP contribution in [0.4, 0.5) is 0 Å². The molecule has 2 heteroatoms. The van der Waals surface area contributed by atoms with E-state index < -0.39 is 0 Å². The summed E-state index contributed by atoms with van der Waals surface area (Å²) in [6.07, 6.45) is 0. The van der Waals surface area contributed by atoms with Crippen molar-refractivity contribution in [1.82, 2.24) is 0 Å². The topological polar surface area (TPSA) is 9.23 Å². The summed E-state index contributed by atoms with van der Waals surface area (Å²) in [6, 6.07) is 10.7. The molecule has 2 rings (SSSR count). The van der Waals surface area contributed by atoms with E-state index >= 15 is 0 Å². The van der Waals surface area contributed by atoms with E-state index in [1.165, 1.54) is 20.9 Å². The van der Waals surface area contributed by atoms with Crippen LogP contribution in [0.15, 0.2) is 30.3 Å². The number of methoxy groups -OCH3 is 1. The van der Waals surface area contributed by atoms with Crippen LogP contribution in [0.2, 0.25) is 0 Å². The summed E-state index contributed by atoms with van der Waals surface area (Å²) < 4.78 is 5.25. The molecule has 0 aliphatic carbocycles. The SMILES string of the molecule is COc1ccc(-c2ccc(C(C)(C)C)s2)c(C)c1. The molecule has 0 radical (unpaired) electrons. The number of hydrogen-bond donors (Lipinski definition) is 0. The van der Waals surface area contributed by atoms with E-state index in [1.54, 1.807) is 7.11 Å². The van der Waals surface area contributed by atoms with Gasteiger partial charge in [0.2, 0.25) is 0 Å². The first-order chi connectivity index (χ1) is 8.41. The Hall–Kier alpha value is -1.28. The van der Waals surface area contributed by atoms with Crippen LogP contribution < -0.4 is 4.74 Å². The summed E-state index contributed by atoms with van der Waals surface area (Å²) in [5.74, 6) is 0.920. The van der Waals surface area contributed by atoms with Crippen molar-refractivity contribution in [3.63, 3.8) is 0 Å². The highest BCUT2D eigenvalue weighted by Crippen LogP contribution is 2.36. The molecule has 96 valence electrons. The number of ether oxygens (including phenoxy) is 1. The fraction of sp³-hybridized carbons (Fsp3) is 0.375. The predicted molar refractivity (Wildman–Crippen MR) is 79.7 cm³/mol. The number of thiophene rings is 1. The van der Waals surface area contributed by atoms with Gasteiger partial charge in [0.1, 0.15) is 5.75 Å². The minimum atomic E-state index is 0.225. The third-order valence-corrected chi connectivity index (χ3v) is 4.59.